The molecule has 2 atom stereocenters. The van der Waals surface area contributed by atoms with E-state index in [1.807, 2.05) is 43.3 Å². The second-order valence-electron chi connectivity index (χ2n) is 10.7. The molecule has 1 amide bonds. The third-order valence-corrected chi connectivity index (χ3v) is 9.31. The van der Waals surface area contributed by atoms with Crippen LogP contribution in [-0.4, -0.2) is 57.0 Å². The Morgan fingerprint density at radius 3 is 2.11 bits per heavy atom. The van der Waals surface area contributed by atoms with Gasteiger partial charge in [-0.05, 0) is 79.3 Å². The summed E-state index contributed by atoms with van der Waals surface area (Å²) in [5, 5.41) is 11.8. The van der Waals surface area contributed by atoms with Gasteiger partial charge in [0.1, 0.15) is 0 Å². The molecule has 0 aliphatic carbocycles. The van der Waals surface area contributed by atoms with Crippen LogP contribution in [0.4, 0.5) is 0 Å². The molecule has 3 aromatic rings. The molecule has 12 heteroatoms. The summed E-state index contributed by atoms with van der Waals surface area (Å²) < 4.78 is 35.3. The highest BCUT2D eigenvalue weighted by atomic mass is 35.5. The fraction of sp³-hybridized carbons (Fsp3) is 0.400. The molecule has 1 aliphatic heterocycles. The average molecular weight is 707 g/mol. The maximum absolute atomic E-state index is 12.1. The number of benzene rings is 3. The van der Waals surface area contributed by atoms with Crippen molar-refractivity contribution < 1.29 is 38.4 Å². The Labute approximate surface area is 290 Å². The van der Waals surface area contributed by atoms with Gasteiger partial charge in [0.25, 0.3) is 0 Å². The van der Waals surface area contributed by atoms with E-state index in [1.165, 1.54) is 6.20 Å². The van der Waals surface area contributed by atoms with Crippen molar-refractivity contribution in [2.24, 2.45) is 0 Å². The number of hydrogen-bond acceptors (Lipinski definition) is 9. The smallest absolute Gasteiger partial charge is 0.250 e. The largest absolute Gasteiger partial charge is 0.493 e. The molecular formula is C35H41Cl2NO8S. The first-order chi connectivity index (χ1) is 22.7. The standard InChI is InChI=1S/C35H41Cl2NO8S/c1-6-8-33(39)38(40)14-7-9-22-17-23(18-30(41-2)34(22)45-15-16-47-25-10-11-26(36)27(37)21-25)28-12-13-29(46-28)24-19-31(42-3)35(44-5)32(20-24)43-4/h7,10-11,14,17-21,28-29,40H,6,8-9,12-13,15-16H2,1-5H3/b14-7+. The van der Waals surface area contributed by atoms with Gasteiger partial charge in [0, 0.05) is 28.8 Å². The molecule has 3 aromatic carbocycles. The SMILES string of the molecule is CCCC(=O)N(O)/C=C/Cc1cc(C2CCC(c3cc(OC)c(OC)c(OC)c3)O2)cc(OC)c1OCCSc1ccc(Cl)c(Cl)c1. The van der Waals surface area contributed by atoms with Crippen LogP contribution in [0.25, 0.3) is 0 Å². The van der Waals surface area contributed by atoms with Gasteiger partial charge in [-0.1, -0.05) is 36.2 Å². The molecule has 2 unspecified atom stereocenters. The minimum atomic E-state index is -0.372. The second kappa shape index (κ2) is 17.8. The monoisotopic (exact) mass is 705 g/mol. The molecule has 1 saturated heterocycles. The van der Waals surface area contributed by atoms with E-state index in [4.69, 9.17) is 51.6 Å². The van der Waals surface area contributed by atoms with Crippen molar-refractivity contribution >= 4 is 40.9 Å². The summed E-state index contributed by atoms with van der Waals surface area (Å²) >= 11 is 13.8. The van der Waals surface area contributed by atoms with Crippen LogP contribution in [0.1, 0.15) is 61.5 Å². The van der Waals surface area contributed by atoms with Crippen molar-refractivity contribution in [1.82, 2.24) is 5.06 Å². The number of allylic oxidation sites excluding steroid dienone is 1. The van der Waals surface area contributed by atoms with E-state index in [-0.39, 0.29) is 24.5 Å². The Balaban J connectivity index is 1.56. The number of thioether (sulfide) groups is 1. The number of nitrogens with zero attached hydrogens (tertiary/aromatic N) is 1. The van der Waals surface area contributed by atoms with Gasteiger partial charge in [-0.2, -0.15) is 5.06 Å². The molecule has 1 fully saturated rings. The predicted octanol–water partition coefficient (Wildman–Crippen LogP) is 8.87. The molecule has 1 N–H and O–H groups in total. The van der Waals surface area contributed by atoms with Crippen LogP contribution >= 0.6 is 35.0 Å². The molecule has 0 saturated carbocycles. The highest BCUT2D eigenvalue weighted by Gasteiger charge is 2.31. The molecular weight excluding hydrogens is 665 g/mol. The molecule has 0 radical (unpaired) electrons. The van der Waals surface area contributed by atoms with Crippen molar-refractivity contribution in [2.75, 3.05) is 40.8 Å². The van der Waals surface area contributed by atoms with Crippen molar-refractivity contribution in [3.63, 3.8) is 0 Å². The third kappa shape index (κ3) is 9.42. The molecule has 0 aromatic heterocycles. The third-order valence-electron chi connectivity index (χ3n) is 7.62. The van der Waals surface area contributed by atoms with Gasteiger partial charge in [-0.25, -0.2) is 0 Å². The van der Waals surface area contributed by atoms with E-state index < -0.39 is 0 Å². The molecule has 0 bridgehead atoms. The fourth-order valence-electron chi connectivity index (χ4n) is 5.31. The molecule has 4 rings (SSSR count). The van der Waals surface area contributed by atoms with Crippen LogP contribution in [0.5, 0.6) is 28.7 Å². The van der Waals surface area contributed by atoms with E-state index in [0.717, 1.165) is 34.4 Å². The molecule has 9 nitrogen and oxygen atoms in total. The normalized spacial score (nSPS) is 15.9. The van der Waals surface area contributed by atoms with Crippen molar-refractivity contribution in [1.29, 1.82) is 0 Å². The van der Waals surface area contributed by atoms with Gasteiger partial charge >= 0.3 is 0 Å². The quantitative estimate of drug-likeness (QED) is 0.0678. The lowest BCUT2D eigenvalue weighted by Gasteiger charge is -2.21. The number of halogens is 2. The first-order valence-corrected chi connectivity index (χ1v) is 17.0. The van der Waals surface area contributed by atoms with Crippen molar-refractivity contribution in [3.05, 3.63) is 81.5 Å². The molecule has 47 heavy (non-hydrogen) atoms. The number of hydroxylamine groups is 2. The number of carbonyl (C=O) groups is 1. The van der Waals surface area contributed by atoms with Crippen LogP contribution in [0.2, 0.25) is 10.0 Å². The average Bonchev–Trinajstić information content (AvgIpc) is 3.58. The maximum atomic E-state index is 12.1. The Kier molecular flexibility index (Phi) is 13.8. The number of hydrogen-bond donors (Lipinski definition) is 1. The number of amides is 1. The summed E-state index contributed by atoms with van der Waals surface area (Å²) in [4.78, 5) is 13.1. The summed E-state index contributed by atoms with van der Waals surface area (Å²) in [7, 11) is 6.36. The van der Waals surface area contributed by atoms with Crippen molar-refractivity contribution in [3.8, 4) is 28.7 Å². The Hall–Kier alpha value is -3.28. The van der Waals surface area contributed by atoms with Gasteiger partial charge in [-0.3, -0.25) is 10.0 Å². The lowest BCUT2D eigenvalue weighted by Crippen LogP contribution is -2.20. The van der Waals surface area contributed by atoms with E-state index in [0.29, 0.717) is 69.1 Å². The maximum Gasteiger partial charge on any atom is 0.250 e. The topological polar surface area (TPSA) is 95.9 Å². The van der Waals surface area contributed by atoms with Gasteiger partial charge < -0.3 is 28.4 Å². The van der Waals surface area contributed by atoms with Gasteiger partial charge in [0.15, 0.2) is 23.0 Å². The minimum Gasteiger partial charge on any atom is -0.493 e. The summed E-state index contributed by atoms with van der Waals surface area (Å²) in [6, 6.07) is 13.3. The summed E-state index contributed by atoms with van der Waals surface area (Å²) in [6.45, 7) is 2.27. The Bertz CT molecular complexity index is 1530. The lowest BCUT2D eigenvalue weighted by molar-refractivity contribution is -0.154. The Morgan fingerprint density at radius 1 is 0.915 bits per heavy atom. The minimum absolute atomic E-state index is 0.190. The molecule has 1 aliphatic rings. The number of rotatable bonds is 16. The molecule has 254 valence electrons. The van der Waals surface area contributed by atoms with E-state index >= 15 is 0 Å². The zero-order valence-electron chi connectivity index (χ0n) is 27.2. The fourth-order valence-corrected chi connectivity index (χ4v) is 6.44. The second-order valence-corrected chi connectivity index (χ2v) is 12.7. The zero-order chi connectivity index (χ0) is 33.9. The number of carbonyl (C=O) groups excluding carboxylic acids is 1. The Morgan fingerprint density at radius 2 is 1.53 bits per heavy atom. The molecule has 0 spiro atoms. The summed E-state index contributed by atoms with van der Waals surface area (Å²) in [5.41, 5.74) is 2.68. The zero-order valence-corrected chi connectivity index (χ0v) is 29.5. The first kappa shape index (κ1) is 36.6. The van der Waals surface area contributed by atoms with Gasteiger partial charge in [-0.15, -0.1) is 11.8 Å². The van der Waals surface area contributed by atoms with Crippen molar-refractivity contribution in [2.45, 2.75) is 56.1 Å². The van der Waals surface area contributed by atoms with Crippen LogP contribution in [0.15, 0.2) is 59.6 Å². The van der Waals surface area contributed by atoms with Crippen LogP contribution in [0.3, 0.4) is 0 Å². The van der Waals surface area contributed by atoms with Crippen LogP contribution in [-0.2, 0) is 16.0 Å². The lowest BCUT2D eigenvalue weighted by atomic mass is 9.99. The molecule has 1 heterocycles. The van der Waals surface area contributed by atoms with Gasteiger partial charge in [0.2, 0.25) is 11.7 Å². The van der Waals surface area contributed by atoms with E-state index in [2.05, 4.69) is 0 Å². The van der Waals surface area contributed by atoms with Gasteiger partial charge in [0.05, 0.1) is 57.3 Å². The highest BCUT2D eigenvalue weighted by molar-refractivity contribution is 7.99. The van der Waals surface area contributed by atoms with Crippen LogP contribution in [0, 0.1) is 0 Å². The first-order valence-electron chi connectivity index (χ1n) is 15.3. The highest BCUT2D eigenvalue weighted by Crippen LogP contribution is 2.47. The summed E-state index contributed by atoms with van der Waals surface area (Å²) in [6.07, 6.45) is 5.51. The summed E-state index contributed by atoms with van der Waals surface area (Å²) in [5.74, 6) is 3.09. The van der Waals surface area contributed by atoms with Crippen LogP contribution < -0.4 is 23.7 Å². The number of ether oxygens (including phenoxy) is 6. The van der Waals surface area contributed by atoms with E-state index in [9.17, 15) is 10.0 Å². The predicted molar refractivity (Wildman–Crippen MR) is 184 cm³/mol. The van der Waals surface area contributed by atoms with E-state index in [1.54, 1.807) is 52.3 Å². The number of methoxy groups -OCH3 is 4.